The molecule has 0 aliphatic carbocycles. The molecule has 1 amide bonds. The molecule has 0 heterocycles. The lowest BCUT2D eigenvalue weighted by Gasteiger charge is -2.11. The standard InChI is InChI=1S/C15H24N2O/c1-2-13(12-16)11-15(18)17-10-6-9-14-7-4-3-5-8-14/h3-5,7-8,13H,2,6,9-12,16H2,1H3,(H,17,18). The smallest absolute Gasteiger partial charge is 0.220 e. The second-order valence-electron chi connectivity index (χ2n) is 4.65. The van der Waals surface area contributed by atoms with E-state index in [9.17, 15) is 4.79 Å². The zero-order valence-electron chi connectivity index (χ0n) is 11.2. The quantitative estimate of drug-likeness (QED) is 0.692. The van der Waals surface area contributed by atoms with Gasteiger partial charge in [0.2, 0.25) is 5.91 Å². The van der Waals surface area contributed by atoms with Crippen molar-refractivity contribution in [2.75, 3.05) is 13.1 Å². The highest BCUT2D eigenvalue weighted by molar-refractivity contribution is 5.76. The Labute approximate surface area is 110 Å². The van der Waals surface area contributed by atoms with Gasteiger partial charge in [0.05, 0.1) is 0 Å². The van der Waals surface area contributed by atoms with Gasteiger partial charge in [0.1, 0.15) is 0 Å². The average Bonchev–Trinajstić information content (AvgIpc) is 2.42. The lowest BCUT2D eigenvalue weighted by atomic mass is 10.0. The molecule has 0 bridgehead atoms. The summed E-state index contributed by atoms with van der Waals surface area (Å²) in [6.45, 7) is 3.41. The molecule has 1 aromatic carbocycles. The van der Waals surface area contributed by atoms with E-state index in [-0.39, 0.29) is 5.91 Å². The van der Waals surface area contributed by atoms with Gasteiger partial charge in [-0.2, -0.15) is 0 Å². The minimum absolute atomic E-state index is 0.125. The van der Waals surface area contributed by atoms with Crippen molar-refractivity contribution in [3.63, 3.8) is 0 Å². The molecule has 1 unspecified atom stereocenters. The summed E-state index contributed by atoms with van der Waals surface area (Å²) in [6, 6.07) is 10.3. The van der Waals surface area contributed by atoms with E-state index in [0.29, 0.717) is 18.9 Å². The van der Waals surface area contributed by atoms with Crippen LogP contribution in [0.25, 0.3) is 0 Å². The summed E-state index contributed by atoms with van der Waals surface area (Å²) in [5.74, 6) is 0.444. The molecule has 0 aliphatic rings. The first kappa shape index (κ1) is 14.7. The molecule has 0 fully saturated rings. The van der Waals surface area contributed by atoms with Gasteiger partial charge in [-0.3, -0.25) is 4.79 Å². The second-order valence-corrected chi connectivity index (χ2v) is 4.65. The van der Waals surface area contributed by atoms with Crippen molar-refractivity contribution in [2.24, 2.45) is 11.7 Å². The summed E-state index contributed by atoms with van der Waals surface area (Å²) in [5, 5.41) is 2.96. The molecule has 0 saturated carbocycles. The zero-order chi connectivity index (χ0) is 13.2. The number of hydrogen-bond acceptors (Lipinski definition) is 2. The van der Waals surface area contributed by atoms with E-state index in [1.54, 1.807) is 0 Å². The highest BCUT2D eigenvalue weighted by Gasteiger charge is 2.09. The summed E-state index contributed by atoms with van der Waals surface area (Å²) in [4.78, 5) is 11.6. The van der Waals surface area contributed by atoms with Gasteiger partial charge in [0, 0.05) is 13.0 Å². The first-order valence-electron chi connectivity index (χ1n) is 6.77. The maximum atomic E-state index is 11.6. The molecule has 18 heavy (non-hydrogen) atoms. The molecule has 1 rings (SSSR count). The van der Waals surface area contributed by atoms with Crippen molar-refractivity contribution in [3.05, 3.63) is 35.9 Å². The Morgan fingerprint density at radius 3 is 2.67 bits per heavy atom. The highest BCUT2D eigenvalue weighted by atomic mass is 16.1. The van der Waals surface area contributed by atoms with Crippen LogP contribution < -0.4 is 11.1 Å². The summed E-state index contributed by atoms with van der Waals surface area (Å²) in [5.41, 5.74) is 6.90. The summed E-state index contributed by atoms with van der Waals surface area (Å²) < 4.78 is 0. The maximum absolute atomic E-state index is 11.6. The molecular weight excluding hydrogens is 224 g/mol. The van der Waals surface area contributed by atoms with Crippen molar-refractivity contribution in [3.8, 4) is 0 Å². The van der Waals surface area contributed by atoms with Gasteiger partial charge in [-0.05, 0) is 30.9 Å². The number of benzene rings is 1. The SMILES string of the molecule is CCC(CN)CC(=O)NCCCc1ccccc1. The van der Waals surface area contributed by atoms with Crippen LogP contribution in [0.2, 0.25) is 0 Å². The van der Waals surface area contributed by atoms with Crippen LogP contribution in [0.4, 0.5) is 0 Å². The van der Waals surface area contributed by atoms with Gasteiger partial charge < -0.3 is 11.1 Å². The third kappa shape index (κ3) is 5.82. The fourth-order valence-electron chi connectivity index (χ4n) is 1.89. The van der Waals surface area contributed by atoms with E-state index in [1.165, 1.54) is 5.56 Å². The second kappa shape index (κ2) is 8.70. The zero-order valence-corrected chi connectivity index (χ0v) is 11.2. The Kier molecular flexibility index (Phi) is 7.11. The molecule has 0 spiro atoms. The first-order valence-corrected chi connectivity index (χ1v) is 6.77. The highest BCUT2D eigenvalue weighted by Crippen LogP contribution is 2.05. The molecule has 0 aliphatic heterocycles. The number of nitrogens with two attached hydrogens (primary N) is 1. The van der Waals surface area contributed by atoms with E-state index in [1.807, 2.05) is 18.2 Å². The number of amides is 1. The monoisotopic (exact) mass is 248 g/mol. The summed E-state index contributed by atoms with van der Waals surface area (Å²) in [7, 11) is 0. The van der Waals surface area contributed by atoms with Crippen LogP contribution in [0.5, 0.6) is 0 Å². The topological polar surface area (TPSA) is 55.1 Å². The van der Waals surface area contributed by atoms with E-state index in [0.717, 1.165) is 25.8 Å². The van der Waals surface area contributed by atoms with Crippen LogP contribution in [-0.4, -0.2) is 19.0 Å². The third-order valence-electron chi connectivity index (χ3n) is 3.19. The molecule has 100 valence electrons. The summed E-state index contributed by atoms with van der Waals surface area (Å²) >= 11 is 0. The third-order valence-corrected chi connectivity index (χ3v) is 3.19. The van der Waals surface area contributed by atoms with Crippen LogP contribution in [0, 0.1) is 5.92 Å². The molecule has 3 nitrogen and oxygen atoms in total. The molecular formula is C15H24N2O. The number of hydrogen-bond donors (Lipinski definition) is 2. The van der Waals surface area contributed by atoms with Crippen LogP contribution in [-0.2, 0) is 11.2 Å². The first-order chi connectivity index (χ1) is 8.76. The van der Waals surface area contributed by atoms with E-state index in [4.69, 9.17) is 5.73 Å². The Hall–Kier alpha value is -1.35. The van der Waals surface area contributed by atoms with Crippen LogP contribution in [0.15, 0.2) is 30.3 Å². The molecule has 3 N–H and O–H groups in total. The van der Waals surface area contributed by atoms with Gasteiger partial charge in [-0.1, -0.05) is 43.7 Å². The predicted octanol–water partition coefficient (Wildman–Crippen LogP) is 2.11. The fraction of sp³-hybridized carbons (Fsp3) is 0.533. The minimum atomic E-state index is 0.125. The van der Waals surface area contributed by atoms with Crippen molar-refractivity contribution >= 4 is 5.91 Å². The van der Waals surface area contributed by atoms with Gasteiger partial charge in [-0.25, -0.2) is 0 Å². The minimum Gasteiger partial charge on any atom is -0.356 e. The van der Waals surface area contributed by atoms with Crippen molar-refractivity contribution in [1.82, 2.24) is 5.32 Å². The number of rotatable bonds is 8. The molecule has 0 saturated heterocycles. The molecule has 3 heteroatoms. The van der Waals surface area contributed by atoms with E-state index in [2.05, 4.69) is 24.4 Å². The molecule has 1 atom stereocenters. The Balaban J connectivity index is 2.12. The van der Waals surface area contributed by atoms with Crippen molar-refractivity contribution in [2.45, 2.75) is 32.6 Å². The molecule has 0 aromatic heterocycles. The van der Waals surface area contributed by atoms with Crippen LogP contribution in [0.1, 0.15) is 31.7 Å². The van der Waals surface area contributed by atoms with Gasteiger partial charge in [-0.15, -0.1) is 0 Å². The normalized spacial score (nSPS) is 12.1. The Bertz CT molecular complexity index is 334. The lowest BCUT2D eigenvalue weighted by Crippen LogP contribution is -2.28. The van der Waals surface area contributed by atoms with Gasteiger partial charge in [0.15, 0.2) is 0 Å². The predicted molar refractivity (Wildman–Crippen MR) is 75.2 cm³/mol. The van der Waals surface area contributed by atoms with Crippen molar-refractivity contribution < 1.29 is 4.79 Å². The van der Waals surface area contributed by atoms with Gasteiger partial charge >= 0.3 is 0 Å². The maximum Gasteiger partial charge on any atom is 0.220 e. The number of carbonyl (C=O) groups excluding carboxylic acids is 1. The van der Waals surface area contributed by atoms with Crippen LogP contribution in [0.3, 0.4) is 0 Å². The lowest BCUT2D eigenvalue weighted by molar-refractivity contribution is -0.121. The van der Waals surface area contributed by atoms with Crippen LogP contribution >= 0.6 is 0 Å². The van der Waals surface area contributed by atoms with Crippen molar-refractivity contribution in [1.29, 1.82) is 0 Å². The fourth-order valence-corrected chi connectivity index (χ4v) is 1.89. The Morgan fingerprint density at radius 1 is 1.33 bits per heavy atom. The number of nitrogens with one attached hydrogen (secondary N) is 1. The largest absolute Gasteiger partial charge is 0.356 e. The number of carbonyl (C=O) groups is 1. The summed E-state index contributed by atoms with van der Waals surface area (Å²) in [6.07, 6.45) is 3.51. The Morgan fingerprint density at radius 2 is 2.06 bits per heavy atom. The number of aryl methyl sites for hydroxylation is 1. The van der Waals surface area contributed by atoms with Gasteiger partial charge in [0.25, 0.3) is 0 Å². The van der Waals surface area contributed by atoms with E-state index < -0.39 is 0 Å². The molecule has 0 radical (unpaired) electrons. The van der Waals surface area contributed by atoms with E-state index >= 15 is 0 Å². The molecule has 1 aromatic rings. The average molecular weight is 248 g/mol.